The fourth-order valence-corrected chi connectivity index (χ4v) is 5.03. The van der Waals surface area contributed by atoms with Crippen molar-refractivity contribution >= 4 is 11.8 Å². The second kappa shape index (κ2) is 7.58. The topological polar surface area (TPSA) is 52.7 Å². The molecule has 146 valence electrons. The van der Waals surface area contributed by atoms with Crippen molar-refractivity contribution in [1.29, 1.82) is 0 Å². The normalized spacial score (nSPS) is 31.6. The summed E-state index contributed by atoms with van der Waals surface area (Å²) in [5.74, 6) is -0.268. The molecule has 3 heterocycles. The van der Waals surface area contributed by atoms with Crippen molar-refractivity contribution in [2.75, 3.05) is 26.7 Å². The van der Waals surface area contributed by atoms with Gasteiger partial charge in [-0.15, -0.1) is 0 Å². The molecule has 3 aliphatic heterocycles. The van der Waals surface area contributed by atoms with Gasteiger partial charge in [-0.05, 0) is 37.1 Å². The van der Waals surface area contributed by atoms with Gasteiger partial charge in [-0.2, -0.15) is 0 Å². The Morgan fingerprint density at radius 1 is 1.22 bits per heavy atom. The Kier molecular flexibility index (Phi) is 5.17. The van der Waals surface area contributed by atoms with E-state index in [0.29, 0.717) is 19.5 Å². The van der Waals surface area contributed by atoms with Crippen molar-refractivity contribution in [3.05, 3.63) is 35.6 Å². The summed E-state index contributed by atoms with van der Waals surface area (Å²) in [7, 11) is 1.76. The van der Waals surface area contributed by atoms with Crippen LogP contribution in [0.15, 0.2) is 24.3 Å². The lowest BCUT2D eigenvalue weighted by atomic mass is 9.88. The van der Waals surface area contributed by atoms with Gasteiger partial charge in [0.2, 0.25) is 11.8 Å². The average molecular weight is 373 g/mol. The predicted molar refractivity (Wildman–Crippen MR) is 101 cm³/mol. The number of halogens is 1. The molecule has 6 heteroatoms. The lowest BCUT2D eigenvalue weighted by molar-refractivity contribution is -0.137. The molecule has 1 aromatic carbocycles. The standard InChI is InChI=1S/C21H28FN3O2/c1-24-12-15(11-19(24)26)21(27)25-13-17(14-6-5-7-16(22)10-14)20-18(25)8-3-2-4-9-23-20/h5-7,10,15,17-18,20,23H,2-4,8-9,11-13H2,1H3/t15-,17-,18+,20-/m0/s1. The molecule has 2 amide bonds. The lowest BCUT2D eigenvalue weighted by Crippen LogP contribution is -2.48. The zero-order valence-electron chi connectivity index (χ0n) is 15.9. The van der Waals surface area contributed by atoms with E-state index in [2.05, 4.69) is 5.32 Å². The summed E-state index contributed by atoms with van der Waals surface area (Å²) in [5.41, 5.74) is 0.952. The number of amides is 2. The van der Waals surface area contributed by atoms with Gasteiger partial charge in [-0.3, -0.25) is 9.59 Å². The zero-order chi connectivity index (χ0) is 19.0. The number of rotatable bonds is 2. The Morgan fingerprint density at radius 3 is 2.81 bits per heavy atom. The quantitative estimate of drug-likeness (QED) is 0.864. The molecule has 3 fully saturated rings. The van der Waals surface area contributed by atoms with E-state index in [1.807, 2.05) is 11.0 Å². The largest absolute Gasteiger partial charge is 0.345 e. The Labute approximate surface area is 159 Å². The number of carbonyl (C=O) groups excluding carboxylic acids is 2. The van der Waals surface area contributed by atoms with E-state index in [0.717, 1.165) is 37.8 Å². The molecule has 0 aliphatic carbocycles. The van der Waals surface area contributed by atoms with Crippen LogP contribution in [0.3, 0.4) is 0 Å². The first-order valence-corrected chi connectivity index (χ1v) is 10.1. The summed E-state index contributed by atoms with van der Waals surface area (Å²) in [6, 6.07) is 7.04. The SMILES string of the molecule is CN1C[C@@H](C(=O)N2C[C@@H](c3cccc(F)c3)[C@@H]3NCCCCC[C@H]32)CC1=O. The Balaban J connectivity index is 1.61. The van der Waals surface area contributed by atoms with Gasteiger partial charge in [0.1, 0.15) is 5.82 Å². The van der Waals surface area contributed by atoms with Crippen molar-refractivity contribution in [3.63, 3.8) is 0 Å². The minimum Gasteiger partial charge on any atom is -0.345 e. The Morgan fingerprint density at radius 2 is 2.07 bits per heavy atom. The second-order valence-corrected chi connectivity index (χ2v) is 8.22. The van der Waals surface area contributed by atoms with Crippen LogP contribution in [0.1, 0.15) is 43.6 Å². The van der Waals surface area contributed by atoms with Crippen molar-refractivity contribution in [1.82, 2.24) is 15.1 Å². The highest BCUT2D eigenvalue weighted by atomic mass is 19.1. The molecule has 0 spiro atoms. The molecule has 4 rings (SSSR count). The molecular formula is C21H28FN3O2. The van der Waals surface area contributed by atoms with Crippen LogP contribution in [0.5, 0.6) is 0 Å². The van der Waals surface area contributed by atoms with Gasteiger partial charge in [-0.25, -0.2) is 4.39 Å². The van der Waals surface area contributed by atoms with Crippen molar-refractivity contribution in [2.24, 2.45) is 5.92 Å². The van der Waals surface area contributed by atoms with Crippen LogP contribution in [0.25, 0.3) is 0 Å². The van der Waals surface area contributed by atoms with E-state index in [1.54, 1.807) is 24.1 Å². The molecular weight excluding hydrogens is 345 g/mol. The number of benzene rings is 1. The summed E-state index contributed by atoms with van der Waals surface area (Å²) in [5, 5.41) is 3.65. The van der Waals surface area contributed by atoms with E-state index in [-0.39, 0.29) is 41.6 Å². The van der Waals surface area contributed by atoms with Crippen molar-refractivity contribution < 1.29 is 14.0 Å². The van der Waals surface area contributed by atoms with E-state index in [4.69, 9.17) is 0 Å². The van der Waals surface area contributed by atoms with Crippen LogP contribution in [-0.4, -0.2) is 60.4 Å². The van der Waals surface area contributed by atoms with Gasteiger partial charge in [0.25, 0.3) is 0 Å². The summed E-state index contributed by atoms with van der Waals surface area (Å²) >= 11 is 0. The maximum Gasteiger partial charge on any atom is 0.228 e. The van der Waals surface area contributed by atoms with Crippen LogP contribution in [-0.2, 0) is 9.59 Å². The third-order valence-electron chi connectivity index (χ3n) is 6.45. The monoisotopic (exact) mass is 373 g/mol. The van der Waals surface area contributed by atoms with E-state index >= 15 is 0 Å². The van der Waals surface area contributed by atoms with Gasteiger partial charge in [0, 0.05) is 44.6 Å². The number of likely N-dealkylation sites (tertiary alicyclic amines) is 2. The molecule has 1 N–H and O–H groups in total. The predicted octanol–water partition coefficient (Wildman–Crippen LogP) is 2.13. The molecule has 5 nitrogen and oxygen atoms in total. The Bertz CT molecular complexity index is 725. The van der Waals surface area contributed by atoms with Gasteiger partial charge in [0.15, 0.2) is 0 Å². The highest BCUT2D eigenvalue weighted by Gasteiger charge is 2.47. The third kappa shape index (κ3) is 3.59. The third-order valence-corrected chi connectivity index (χ3v) is 6.45. The van der Waals surface area contributed by atoms with Gasteiger partial charge >= 0.3 is 0 Å². The van der Waals surface area contributed by atoms with Crippen LogP contribution < -0.4 is 5.32 Å². The molecule has 0 saturated carbocycles. The number of fused-ring (bicyclic) bond motifs is 1. The summed E-state index contributed by atoms with van der Waals surface area (Å²) < 4.78 is 13.8. The smallest absolute Gasteiger partial charge is 0.228 e. The van der Waals surface area contributed by atoms with Crippen LogP contribution in [0, 0.1) is 11.7 Å². The van der Waals surface area contributed by atoms with Gasteiger partial charge in [-0.1, -0.05) is 25.0 Å². The molecule has 0 radical (unpaired) electrons. The minimum absolute atomic E-state index is 0.0431. The first-order valence-electron chi connectivity index (χ1n) is 10.1. The summed E-state index contributed by atoms with van der Waals surface area (Å²) in [6.45, 7) is 2.03. The maximum atomic E-state index is 13.8. The second-order valence-electron chi connectivity index (χ2n) is 8.22. The van der Waals surface area contributed by atoms with E-state index in [1.165, 1.54) is 6.07 Å². The van der Waals surface area contributed by atoms with Gasteiger partial charge in [0.05, 0.1) is 5.92 Å². The minimum atomic E-state index is -0.250. The summed E-state index contributed by atoms with van der Waals surface area (Å²) in [6.07, 6.45) is 4.67. The van der Waals surface area contributed by atoms with E-state index in [9.17, 15) is 14.0 Å². The number of carbonyl (C=O) groups is 2. The molecule has 3 aliphatic rings. The molecule has 0 unspecified atom stereocenters. The van der Waals surface area contributed by atoms with Gasteiger partial charge < -0.3 is 15.1 Å². The van der Waals surface area contributed by atoms with Crippen LogP contribution in [0.4, 0.5) is 4.39 Å². The molecule has 0 bridgehead atoms. The molecule has 3 saturated heterocycles. The van der Waals surface area contributed by atoms with Crippen molar-refractivity contribution in [2.45, 2.75) is 50.1 Å². The zero-order valence-corrected chi connectivity index (χ0v) is 15.9. The molecule has 1 aromatic rings. The molecule has 4 atom stereocenters. The Hall–Kier alpha value is -1.95. The summed E-state index contributed by atoms with van der Waals surface area (Å²) in [4.78, 5) is 28.8. The highest BCUT2D eigenvalue weighted by molar-refractivity contribution is 5.89. The van der Waals surface area contributed by atoms with Crippen molar-refractivity contribution in [3.8, 4) is 0 Å². The number of nitrogens with zero attached hydrogens (tertiary/aromatic N) is 2. The number of nitrogens with one attached hydrogen (secondary N) is 1. The average Bonchev–Trinajstić information content (AvgIpc) is 3.14. The van der Waals surface area contributed by atoms with E-state index < -0.39 is 0 Å². The first-order chi connectivity index (χ1) is 13.0. The molecule has 27 heavy (non-hydrogen) atoms. The fourth-order valence-electron chi connectivity index (χ4n) is 5.03. The number of hydrogen-bond acceptors (Lipinski definition) is 3. The first kappa shape index (κ1) is 18.4. The fraction of sp³-hybridized carbons (Fsp3) is 0.619. The lowest BCUT2D eigenvalue weighted by Gasteiger charge is -2.32. The maximum absolute atomic E-state index is 13.8. The number of hydrogen-bond donors (Lipinski definition) is 1. The molecule has 0 aromatic heterocycles. The highest BCUT2D eigenvalue weighted by Crippen LogP contribution is 2.37. The van der Waals surface area contributed by atoms with Crippen LogP contribution in [0.2, 0.25) is 0 Å². The van der Waals surface area contributed by atoms with Crippen LogP contribution >= 0.6 is 0 Å².